The van der Waals surface area contributed by atoms with E-state index in [4.69, 9.17) is 16.3 Å². The van der Waals surface area contributed by atoms with E-state index in [-0.39, 0.29) is 17.6 Å². The van der Waals surface area contributed by atoms with Crippen LogP contribution in [0.2, 0.25) is 5.02 Å². The molecule has 0 unspecified atom stereocenters. The Bertz CT molecular complexity index is 943. The highest BCUT2D eigenvalue weighted by Crippen LogP contribution is 2.34. The minimum atomic E-state index is -0.836. The Labute approximate surface area is 186 Å². The fraction of sp³-hybridized carbons (Fsp3) is 0.458. The van der Waals surface area contributed by atoms with Crippen LogP contribution in [0.15, 0.2) is 36.4 Å². The van der Waals surface area contributed by atoms with E-state index in [1.54, 1.807) is 7.05 Å². The first-order valence-electron chi connectivity index (χ1n) is 10.8. The number of ether oxygens (including phenoxy) is 1. The van der Waals surface area contributed by atoms with Gasteiger partial charge in [0.2, 0.25) is 0 Å². The molecule has 2 aromatic rings. The summed E-state index contributed by atoms with van der Waals surface area (Å²) < 4.78 is 33.0. The summed E-state index contributed by atoms with van der Waals surface area (Å²) in [6.07, 6.45) is 4.21. The molecule has 1 amide bonds. The lowest BCUT2D eigenvalue weighted by molar-refractivity contribution is 0.0417. The van der Waals surface area contributed by atoms with E-state index < -0.39 is 17.5 Å². The second-order valence-corrected chi connectivity index (χ2v) is 9.03. The molecule has 2 fully saturated rings. The van der Waals surface area contributed by atoms with E-state index in [9.17, 15) is 13.6 Å². The summed E-state index contributed by atoms with van der Waals surface area (Å²) in [5.41, 5.74) is 1.01. The molecule has 2 aromatic carbocycles. The molecule has 31 heavy (non-hydrogen) atoms. The minimum absolute atomic E-state index is 0.0801. The predicted molar refractivity (Wildman–Crippen MR) is 116 cm³/mol. The number of halogens is 3. The number of carbonyl (C=O) groups excluding carboxylic acids is 1. The standard InChI is InChI=1S/C24H27ClF2N2O2/c1-28(24(30)21-7-5-18(26)12-23(21)27)14-16-10-20(11-16)31-19-6-4-17(22(25)13-19)15-29-8-2-3-9-29/h4-7,12-13,16,20H,2-3,8-11,14-15H2,1H3. The second-order valence-electron chi connectivity index (χ2n) is 8.62. The van der Waals surface area contributed by atoms with Crippen LogP contribution < -0.4 is 4.74 Å². The smallest absolute Gasteiger partial charge is 0.256 e. The monoisotopic (exact) mass is 448 g/mol. The number of nitrogens with zero attached hydrogens (tertiary/aromatic N) is 2. The van der Waals surface area contributed by atoms with E-state index in [0.29, 0.717) is 6.54 Å². The Balaban J connectivity index is 1.24. The zero-order valence-electron chi connectivity index (χ0n) is 17.6. The first-order chi connectivity index (χ1) is 14.9. The van der Waals surface area contributed by atoms with E-state index in [1.165, 1.54) is 23.8 Å². The Morgan fingerprint density at radius 1 is 1.16 bits per heavy atom. The van der Waals surface area contributed by atoms with Gasteiger partial charge in [0.25, 0.3) is 5.91 Å². The molecule has 1 aliphatic carbocycles. The summed E-state index contributed by atoms with van der Waals surface area (Å²) in [5.74, 6) is -0.928. The summed E-state index contributed by atoms with van der Waals surface area (Å²) in [5, 5.41) is 0.729. The highest BCUT2D eigenvalue weighted by molar-refractivity contribution is 6.31. The van der Waals surface area contributed by atoms with Gasteiger partial charge in [-0.05, 0) is 74.5 Å². The first-order valence-corrected chi connectivity index (χ1v) is 11.1. The van der Waals surface area contributed by atoms with Crippen LogP contribution in [0.25, 0.3) is 0 Å². The molecule has 0 radical (unpaired) electrons. The first kappa shape index (κ1) is 22.0. The summed E-state index contributed by atoms with van der Waals surface area (Å²) in [6.45, 7) is 3.64. The highest BCUT2D eigenvalue weighted by atomic mass is 35.5. The van der Waals surface area contributed by atoms with Gasteiger partial charge in [-0.25, -0.2) is 8.78 Å². The van der Waals surface area contributed by atoms with Crippen molar-refractivity contribution in [3.8, 4) is 5.75 Å². The molecule has 0 aromatic heterocycles. The fourth-order valence-electron chi connectivity index (χ4n) is 4.36. The quantitative estimate of drug-likeness (QED) is 0.587. The normalized spacial score (nSPS) is 21.0. The molecule has 1 aliphatic heterocycles. The fourth-order valence-corrected chi connectivity index (χ4v) is 4.59. The van der Waals surface area contributed by atoms with Crippen LogP contribution in [0.5, 0.6) is 5.75 Å². The van der Waals surface area contributed by atoms with Gasteiger partial charge in [-0.3, -0.25) is 9.69 Å². The average molecular weight is 449 g/mol. The van der Waals surface area contributed by atoms with Gasteiger partial charge in [0.15, 0.2) is 0 Å². The van der Waals surface area contributed by atoms with Crippen molar-refractivity contribution >= 4 is 17.5 Å². The number of hydrogen-bond acceptors (Lipinski definition) is 3. The van der Waals surface area contributed by atoms with E-state index >= 15 is 0 Å². The highest BCUT2D eigenvalue weighted by Gasteiger charge is 2.33. The van der Waals surface area contributed by atoms with Gasteiger partial charge in [0.05, 0.1) is 11.7 Å². The lowest BCUT2D eigenvalue weighted by Crippen LogP contribution is -2.42. The maximum atomic E-state index is 13.9. The molecule has 4 nitrogen and oxygen atoms in total. The van der Waals surface area contributed by atoms with Gasteiger partial charge in [-0.1, -0.05) is 17.7 Å². The van der Waals surface area contributed by atoms with Crippen LogP contribution in [-0.2, 0) is 6.54 Å². The SMILES string of the molecule is CN(CC1CC(Oc2ccc(CN3CCCC3)c(Cl)c2)C1)C(=O)c1ccc(F)cc1F. The third-order valence-corrected chi connectivity index (χ3v) is 6.50. The van der Waals surface area contributed by atoms with Crippen LogP contribution in [0, 0.1) is 17.6 Å². The molecule has 0 bridgehead atoms. The third kappa shape index (κ3) is 5.36. The number of carbonyl (C=O) groups is 1. The van der Waals surface area contributed by atoms with Crippen molar-refractivity contribution in [3.05, 3.63) is 64.2 Å². The lowest BCUT2D eigenvalue weighted by Gasteiger charge is -2.37. The molecule has 1 saturated carbocycles. The summed E-state index contributed by atoms with van der Waals surface area (Å²) in [7, 11) is 1.64. The van der Waals surface area contributed by atoms with Crippen molar-refractivity contribution in [2.24, 2.45) is 5.92 Å². The van der Waals surface area contributed by atoms with Gasteiger partial charge in [-0.2, -0.15) is 0 Å². The largest absolute Gasteiger partial charge is 0.490 e. The summed E-state index contributed by atoms with van der Waals surface area (Å²) in [4.78, 5) is 16.3. The molecule has 0 N–H and O–H groups in total. The Morgan fingerprint density at radius 2 is 1.90 bits per heavy atom. The van der Waals surface area contributed by atoms with Gasteiger partial charge in [0.1, 0.15) is 17.4 Å². The molecule has 1 saturated heterocycles. The van der Waals surface area contributed by atoms with Crippen LogP contribution in [0.3, 0.4) is 0 Å². The Kier molecular flexibility index (Phi) is 6.77. The van der Waals surface area contributed by atoms with Gasteiger partial charge < -0.3 is 9.64 Å². The predicted octanol–water partition coefficient (Wildman–Crippen LogP) is 5.14. The molecule has 0 spiro atoms. The minimum Gasteiger partial charge on any atom is -0.490 e. The number of hydrogen-bond donors (Lipinski definition) is 0. The van der Waals surface area contributed by atoms with Crippen molar-refractivity contribution in [1.29, 1.82) is 0 Å². The molecule has 166 valence electrons. The van der Waals surface area contributed by atoms with Crippen molar-refractivity contribution in [2.45, 2.75) is 38.3 Å². The average Bonchev–Trinajstić information content (AvgIpc) is 3.21. The summed E-state index contributed by atoms with van der Waals surface area (Å²) in [6, 6.07) is 8.91. The lowest BCUT2D eigenvalue weighted by atomic mass is 9.82. The third-order valence-electron chi connectivity index (χ3n) is 6.15. The zero-order chi connectivity index (χ0) is 22.0. The van der Waals surface area contributed by atoms with E-state index in [0.717, 1.165) is 60.9 Å². The Morgan fingerprint density at radius 3 is 2.58 bits per heavy atom. The van der Waals surface area contributed by atoms with Crippen molar-refractivity contribution in [2.75, 3.05) is 26.7 Å². The van der Waals surface area contributed by atoms with Gasteiger partial charge >= 0.3 is 0 Å². The second kappa shape index (κ2) is 9.53. The maximum absolute atomic E-state index is 13.9. The zero-order valence-corrected chi connectivity index (χ0v) is 18.4. The van der Waals surface area contributed by atoms with Crippen LogP contribution in [-0.4, -0.2) is 48.5 Å². The van der Waals surface area contributed by atoms with E-state index in [2.05, 4.69) is 4.90 Å². The topological polar surface area (TPSA) is 32.8 Å². The molecule has 7 heteroatoms. The number of likely N-dealkylation sites (tertiary alicyclic amines) is 1. The van der Waals surface area contributed by atoms with Crippen LogP contribution >= 0.6 is 11.6 Å². The van der Waals surface area contributed by atoms with Gasteiger partial charge in [0, 0.05) is 31.2 Å². The number of amides is 1. The van der Waals surface area contributed by atoms with Crippen LogP contribution in [0.4, 0.5) is 8.78 Å². The maximum Gasteiger partial charge on any atom is 0.256 e. The molecular formula is C24H27ClF2N2O2. The molecule has 2 aliphatic rings. The Hall–Kier alpha value is -2.18. The number of rotatable bonds is 7. The molecule has 0 atom stereocenters. The molecular weight excluding hydrogens is 422 g/mol. The molecule has 4 rings (SSSR count). The molecule has 1 heterocycles. The number of benzene rings is 2. The van der Waals surface area contributed by atoms with Crippen molar-refractivity contribution in [3.63, 3.8) is 0 Å². The van der Waals surface area contributed by atoms with Crippen molar-refractivity contribution in [1.82, 2.24) is 9.80 Å². The van der Waals surface area contributed by atoms with Gasteiger partial charge in [-0.15, -0.1) is 0 Å². The van der Waals surface area contributed by atoms with Crippen LogP contribution in [0.1, 0.15) is 41.6 Å². The van der Waals surface area contributed by atoms with Crippen molar-refractivity contribution < 1.29 is 18.3 Å². The summed E-state index contributed by atoms with van der Waals surface area (Å²) >= 11 is 6.46. The van der Waals surface area contributed by atoms with E-state index in [1.807, 2.05) is 18.2 Å².